The van der Waals surface area contributed by atoms with E-state index in [2.05, 4.69) is 20.2 Å². The van der Waals surface area contributed by atoms with Crippen molar-refractivity contribution in [3.63, 3.8) is 0 Å². The van der Waals surface area contributed by atoms with Crippen LogP contribution in [-0.4, -0.2) is 47.0 Å². The van der Waals surface area contributed by atoms with Crippen LogP contribution in [0, 0.1) is 0 Å². The fraction of sp³-hybridized carbons (Fsp3) is 0.188. The SMILES string of the molecule is Cn1cc(-c2nc3c4ccccc4nc([C@@](N)(CO)C(N)=O)n3n2)cn1. The molecule has 0 aliphatic rings. The van der Waals surface area contributed by atoms with Crippen LogP contribution in [0.2, 0.25) is 0 Å². The Kier molecular flexibility index (Phi) is 3.46. The van der Waals surface area contributed by atoms with Gasteiger partial charge in [0.25, 0.3) is 0 Å². The van der Waals surface area contributed by atoms with Gasteiger partial charge in [-0.05, 0) is 12.1 Å². The Labute approximate surface area is 147 Å². The van der Waals surface area contributed by atoms with Crippen molar-refractivity contribution in [2.45, 2.75) is 5.54 Å². The number of amides is 1. The standard InChI is InChI=1S/C16H16N8O2/c1-23-7-9(6-19-23)12-21-13-10-4-2-3-5-11(10)20-15(24(13)22-12)16(18,8-25)14(17)26/h2-7,25H,8,18H2,1H3,(H2,17,26)/t16-/m1/s1. The maximum Gasteiger partial charge on any atom is 0.247 e. The lowest BCUT2D eigenvalue weighted by atomic mass is 10.00. The largest absolute Gasteiger partial charge is 0.393 e. The minimum atomic E-state index is -1.90. The number of rotatable bonds is 4. The zero-order valence-corrected chi connectivity index (χ0v) is 13.9. The van der Waals surface area contributed by atoms with E-state index in [4.69, 9.17) is 11.5 Å². The summed E-state index contributed by atoms with van der Waals surface area (Å²) in [5.41, 5.74) is 11.3. The highest BCUT2D eigenvalue weighted by Gasteiger charge is 2.39. The molecule has 10 heteroatoms. The van der Waals surface area contributed by atoms with Gasteiger partial charge in [-0.25, -0.2) is 9.97 Å². The molecule has 0 unspecified atom stereocenters. The molecule has 0 saturated heterocycles. The molecule has 1 atom stereocenters. The number of nitrogens with two attached hydrogens (primary N) is 2. The van der Waals surface area contributed by atoms with Gasteiger partial charge in [-0.3, -0.25) is 9.48 Å². The summed E-state index contributed by atoms with van der Waals surface area (Å²) in [6, 6.07) is 7.24. The van der Waals surface area contributed by atoms with E-state index in [9.17, 15) is 9.90 Å². The van der Waals surface area contributed by atoms with Crippen molar-refractivity contribution in [3.05, 3.63) is 42.5 Å². The lowest BCUT2D eigenvalue weighted by molar-refractivity contribution is -0.125. The van der Waals surface area contributed by atoms with Gasteiger partial charge < -0.3 is 16.6 Å². The van der Waals surface area contributed by atoms with Crippen molar-refractivity contribution in [3.8, 4) is 11.4 Å². The van der Waals surface area contributed by atoms with Gasteiger partial charge in [-0.15, -0.1) is 5.10 Å². The zero-order valence-electron chi connectivity index (χ0n) is 13.9. The van der Waals surface area contributed by atoms with Gasteiger partial charge in [-0.1, -0.05) is 12.1 Å². The highest BCUT2D eigenvalue weighted by atomic mass is 16.3. The molecule has 4 rings (SSSR count). The third-order valence-corrected chi connectivity index (χ3v) is 4.23. The van der Waals surface area contributed by atoms with Gasteiger partial charge in [0, 0.05) is 18.6 Å². The maximum absolute atomic E-state index is 11.9. The second kappa shape index (κ2) is 5.58. The summed E-state index contributed by atoms with van der Waals surface area (Å²) in [5, 5.41) is 19.0. The molecule has 3 aromatic heterocycles. The summed E-state index contributed by atoms with van der Waals surface area (Å²) in [6.07, 6.45) is 3.39. The van der Waals surface area contributed by atoms with E-state index < -0.39 is 18.1 Å². The summed E-state index contributed by atoms with van der Waals surface area (Å²) in [5.74, 6) is -0.506. The molecule has 0 bridgehead atoms. The number of aromatic nitrogens is 6. The number of benzene rings is 1. The normalized spacial score (nSPS) is 14.0. The molecule has 10 nitrogen and oxygen atoms in total. The van der Waals surface area contributed by atoms with Crippen LogP contribution in [0.1, 0.15) is 5.82 Å². The Balaban J connectivity index is 2.10. The molecule has 0 aliphatic carbocycles. The molecule has 1 aromatic carbocycles. The molecule has 26 heavy (non-hydrogen) atoms. The second-order valence-electron chi connectivity index (χ2n) is 6.02. The van der Waals surface area contributed by atoms with Gasteiger partial charge in [0.1, 0.15) is 0 Å². The van der Waals surface area contributed by atoms with Crippen LogP contribution < -0.4 is 11.5 Å². The van der Waals surface area contributed by atoms with Crippen LogP contribution in [0.5, 0.6) is 0 Å². The number of aryl methyl sites for hydroxylation is 1. The topological polar surface area (TPSA) is 150 Å². The van der Waals surface area contributed by atoms with Crippen molar-refractivity contribution in [2.24, 2.45) is 18.5 Å². The summed E-state index contributed by atoms with van der Waals surface area (Å²) in [4.78, 5) is 20.9. The monoisotopic (exact) mass is 352 g/mol. The average Bonchev–Trinajstić information content (AvgIpc) is 3.26. The maximum atomic E-state index is 11.9. The third kappa shape index (κ3) is 2.24. The van der Waals surface area contributed by atoms with E-state index in [1.165, 1.54) is 4.52 Å². The molecule has 3 heterocycles. The molecule has 1 amide bonds. The van der Waals surface area contributed by atoms with Crippen molar-refractivity contribution in [2.75, 3.05) is 6.61 Å². The minimum Gasteiger partial charge on any atom is -0.393 e. The second-order valence-corrected chi connectivity index (χ2v) is 6.02. The van der Waals surface area contributed by atoms with E-state index in [0.29, 0.717) is 22.6 Å². The number of carbonyl (C=O) groups is 1. The van der Waals surface area contributed by atoms with Gasteiger partial charge in [-0.2, -0.15) is 9.61 Å². The number of hydrogen-bond acceptors (Lipinski definition) is 7. The number of hydrogen-bond donors (Lipinski definition) is 3. The number of aliphatic hydroxyl groups is 1. The molecule has 0 saturated carbocycles. The van der Waals surface area contributed by atoms with E-state index >= 15 is 0 Å². The molecular weight excluding hydrogens is 336 g/mol. The van der Waals surface area contributed by atoms with Crippen molar-refractivity contribution in [1.82, 2.24) is 29.4 Å². The average molecular weight is 352 g/mol. The quantitative estimate of drug-likeness (QED) is 0.440. The Morgan fingerprint density at radius 1 is 1.31 bits per heavy atom. The smallest absolute Gasteiger partial charge is 0.247 e. The molecular formula is C16H16N8O2. The predicted octanol–water partition coefficient (Wildman–Crippen LogP) is -0.690. The highest BCUT2D eigenvalue weighted by molar-refractivity contribution is 5.93. The molecule has 5 N–H and O–H groups in total. The summed E-state index contributed by atoms with van der Waals surface area (Å²) < 4.78 is 2.98. The van der Waals surface area contributed by atoms with Crippen molar-refractivity contribution >= 4 is 22.5 Å². The van der Waals surface area contributed by atoms with Gasteiger partial charge in [0.05, 0.1) is 23.9 Å². The molecule has 0 fully saturated rings. The van der Waals surface area contributed by atoms with E-state index in [1.807, 2.05) is 12.1 Å². The first-order valence-electron chi connectivity index (χ1n) is 7.78. The van der Waals surface area contributed by atoms with Crippen LogP contribution in [-0.2, 0) is 17.4 Å². The highest BCUT2D eigenvalue weighted by Crippen LogP contribution is 2.25. The molecule has 0 radical (unpaired) electrons. The van der Waals surface area contributed by atoms with Crippen molar-refractivity contribution < 1.29 is 9.90 Å². The number of carbonyl (C=O) groups excluding carboxylic acids is 1. The third-order valence-electron chi connectivity index (χ3n) is 4.23. The van der Waals surface area contributed by atoms with Gasteiger partial charge in [0.15, 0.2) is 22.8 Å². The van der Waals surface area contributed by atoms with Crippen LogP contribution in [0.15, 0.2) is 36.7 Å². The molecule has 0 aliphatic heterocycles. The summed E-state index contributed by atoms with van der Waals surface area (Å²) >= 11 is 0. The minimum absolute atomic E-state index is 0.0174. The number of aliphatic hydroxyl groups excluding tert-OH is 1. The van der Waals surface area contributed by atoms with Crippen LogP contribution in [0.4, 0.5) is 0 Å². The van der Waals surface area contributed by atoms with Gasteiger partial charge >= 0.3 is 0 Å². The summed E-state index contributed by atoms with van der Waals surface area (Å²) in [7, 11) is 1.78. The molecule has 132 valence electrons. The van der Waals surface area contributed by atoms with Crippen LogP contribution in [0.25, 0.3) is 27.9 Å². The first kappa shape index (κ1) is 16.1. The number of nitrogens with zero attached hydrogens (tertiary/aromatic N) is 6. The lowest BCUT2D eigenvalue weighted by Crippen LogP contribution is -2.53. The van der Waals surface area contributed by atoms with Crippen LogP contribution in [0.3, 0.4) is 0 Å². The first-order chi connectivity index (χ1) is 12.4. The summed E-state index contributed by atoms with van der Waals surface area (Å²) in [6.45, 7) is -0.717. The fourth-order valence-electron chi connectivity index (χ4n) is 2.76. The van der Waals surface area contributed by atoms with Gasteiger partial charge in [0.2, 0.25) is 5.91 Å². The van der Waals surface area contributed by atoms with Crippen LogP contribution >= 0.6 is 0 Å². The predicted molar refractivity (Wildman–Crippen MR) is 92.6 cm³/mol. The Morgan fingerprint density at radius 2 is 2.08 bits per heavy atom. The van der Waals surface area contributed by atoms with E-state index in [-0.39, 0.29) is 5.82 Å². The Morgan fingerprint density at radius 3 is 2.73 bits per heavy atom. The molecule has 4 aromatic rings. The fourth-order valence-corrected chi connectivity index (χ4v) is 2.76. The van der Waals surface area contributed by atoms with E-state index in [0.717, 1.165) is 5.39 Å². The number of primary amides is 1. The zero-order chi connectivity index (χ0) is 18.5. The Hall–Kier alpha value is -3.37. The Bertz CT molecular complexity index is 1150. The number of fused-ring (bicyclic) bond motifs is 3. The number of para-hydroxylation sites is 1. The van der Waals surface area contributed by atoms with Crippen molar-refractivity contribution in [1.29, 1.82) is 0 Å². The first-order valence-corrected chi connectivity index (χ1v) is 7.78. The van der Waals surface area contributed by atoms with E-state index in [1.54, 1.807) is 36.3 Å². The molecule has 0 spiro atoms. The lowest BCUT2D eigenvalue weighted by Gasteiger charge is -2.23.